The average molecular weight is 477 g/mol. The molecule has 1 aliphatic heterocycles. The lowest BCUT2D eigenvalue weighted by molar-refractivity contribution is -0.271. The van der Waals surface area contributed by atoms with E-state index in [-0.39, 0.29) is 22.9 Å². The topological polar surface area (TPSA) is 47.9 Å². The molecule has 33 heavy (non-hydrogen) atoms. The molecule has 0 radical (unpaired) electrons. The maximum atomic E-state index is 12.0. The first-order valence-electron chi connectivity index (χ1n) is 13.6. The molecule has 0 aromatic rings. The van der Waals surface area contributed by atoms with Gasteiger partial charge in [0, 0.05) is 17.8 Å². The van der Waals surface area contributed by atoms with Crippen LogP contribution in [0.5, 0.6) is 0 Å². The minimum atomic E-state index is -1.86. The molecule has 1 saturated heterocycles. The first kappa shape index (κ1) is 25.6. The summed E-state index contributed by atoms with van der Waals surface area (Å²) < 4.78 is 20.3. The van der Waals surface area contributed by atoms with Crippen LogP contribution in [0.3, 0.4) is 0 Å². The molecule has 1 heterocycles. The highest BCUT2D eigenvalue weighted by atomic mass is 28.4. The number of aliphatic hydroxyl groups is 1. The second-order valence-corrected chi connectivity index (χ2v) is 16.5. The number of aliphatic hydroxyl groups excluding tert-OH is 1. The van der Waals surface area contributed by atoms with E-state index in [2.05, 4.69) is 54.2 Å². The number of rotatable bonds is 6. The van der Waals surface area contributed by atoms with Crippen molar-refractivity contribution in [1.29, 1.82) is 0 Å². The van der Waals surface area contributed by atoms with Crippen LogP contribution >= 0.6 is 0 Å². The fraction of sp³-hybridized carbons (Fsp3) is 0.857. The van der Waals surface area contributed by atoms with E-state index in [4.69, 9.17) is 13.9 Å². The number of hydrogen-bond acceptors (Lipinski definition) is 4. The normalized spacial score (nSPS) is 44.0. The Balaban J connectivity index is 1.88. The van der Waals surface area contributed by atoms with Gasteiger partial charge in [0.05, 0.1) is 25.4 Å². The first-order chi connectivity index (χ1) is 15.7. The van der Waals surface area contributed by atoms with Gasteiger partial charge < -0.3 is 19.0 Å². The summed E-state index contributed by atoms with van der Waals surface area (Å²) in [6.07, 6.45) is 8.61. The van der Waals surface area contributed by atoms with Crippen molar-refractivity contribution in [1.82, 2.24) is 0 Å². The fourth-order valence-electron chi connectivity index (χ4n) is 8.54. The second kappa shape index (κ2) is 9.20. The van der Waals surface area contributed by atoms with E-state index in [0.717, 1.165) is 43.8 Å². The largest absolute Gasteiger partial charge is 0.410 e. The summed E-state index contributed by atoms with van der Waals surface area (Å²) in [7, 11) is -1.86. The zero-order chi connectivity index (χ0) is 24.1. The average Bonchev–Trinajstić information content (AvgIpc) is 3.43. The summed E-state index contributed by atoms with van der Waals surface area (Å²) in [5.74, 6) is 0.402. The van der Waals surface area contributed by atoms with Crippen LogP contribution in [0.2, 0.25) is 18.1 Å². The third kappa shape index (κ3) is 3.67. The van der Waals surface area contributed by atoms with Crippen LogP contribution in [0.15, 0.2) is 24.3 Å². The minimum absolute atomic E-state index is 0.0289. The summed E-state index contributed by atoms with van der Waals surface area (Å²) in [6, 6.07) is 3.40. The monoisotopic (exact) mass is 476 g/mol. The van der Waals surface area contributed by atoms with E-state index in [1.54, 1.807) is 0 Å². The molecule has 1 N–H and O–H groups in total. The zero-order valence-electron chi connectivity index (χ0n) is 22.0. The molecule has 4 aliphatic rings. The molecule has 0 amide bonds. The van der Waals surface area contributed by atoms with Gasteiger partial charge in [-0.2, -0.15) is 0 Å². The van der Waals surface area contributed by atoms with Gasteiger partial charge in [-0.3, -0.25) is 0 Å². The maximum Gasteiger partial charge on any atom is 0.192 e. The molecule has 0 aromatic heterocycles. The van der Waals surface area contributed by atoms with Crippen molar-refractivity contribution in [3.8, 4) is 0 Å². The third-order valence-corrected chi connectivity index (χ3v) is 15.6. The Bertz CT molecular complexity index is 747. The highest BCUT2D eigenvalue weighted by Gasteiger charge is 2.72. The van der Waals surface area contributed by atoms with Gasteiger partial charge in [-0.15, -0.1) is 0 Å². The molecule has 188 valence electrons. The Kier molecular flexibility index (Phi) is 7.14. The van der Waals surface area contributed by atoms with Gasteiger partial charge in [-0.25, -0.2) is 0 Å². The molecule has 3 aliphatic carbocycles. The van der Waals surface area contributed by atoms with Crippen LogP contribution < -0.4 is 0 Å². The number of ether oxygens (including phenoxy) is 2. The van der Waals surface area contributed by atoms with E-state index >= 15 is 0 Å². The second-order valence-electron chi connectivity index (χ2n) is 11.7. The highest BCUT2D eigenvalue weighted by Crippen LogP contribution is 2.71. The molecule has 0 aromatic carbocycles. The molecule has 5 heteroatoms. The molecule has 7 atom stereocenters. The number of hydrogen-bond donors (Lipinski definition) is 1. The van der Waals surface area contributed by atoms with Gasteiger partial charge in [0.2, 0.25) is 0 Å². The lowest BCUT2D eigenvalue weighted by atomic mass is 9.45. The Labute approximate surface area is 203 Å². The SMILES string of the molecule is C=C/C=C1/C[C@H](O)[C@]2(C)[C@H](C)CC[C@]3(CCC4(OCCO4)[C@H]32)[C@@H](C)[C@@H]1O[Si](CC)(CC)CC. The van der Waals surface area contributed by atoms with E-state index < -0.39 is 20.2 Å². The van der Waals surface area contributed by atoms with Crippen molar-refractivity contribution in [3.63, 3.8) is 0 Å². The van der Waals surface area contributed by atoms with Gasteiger partial charge in [-0.05, 0) is 66.6 Å². The molecule has 1 spiro atoms. The quantitative estimate of drug-likeness (QED) is 0.447. The Morgan fingerprint density at radius 2 is 1.73 bits per heavy atom. The molecule has 4 nitrogen and oxygen atoms in total. The molecule has 4 fully saturated rings. The van der Waals surface area contributed by atoms with Crippen LogP contribution in [0.1, 0.15) is 73.6 Å². The van der Waals surface area contributed by atoms with Crippen LogP contribution in [-0.2, 0) is 13.9 Å². The van der Waals surface area contributed by atoms with Crippen molar-refractivity contribution in [3.05, 3.63) is 24.3 Å². The summed E-state index contributed by atoms with van der Waals surface area (Å²) in [5, 5.41) is 12.0. The summed E-state index contributed by atoms with van der Waals surface area (Å²) >= 11 is 0. The molecule has 3 saturated carbocycles. The van der Waals surface area contributed by atoms with Crippen LogP contribution in [-0.4, -0.2) is 44.6 Å². The van der Waals surface area contributed by atoms with E-state index in [9.17, 15) is 5.11 Å². The van der Waals surface area contributed by atoms with Crippen molar-refractivity contribution >= 4 is 8.32 Å². The lowest BCUT2D eigenvalue weighted by Gasteiger charge is -2.63. The van der Waals surface area contributed by atoms with Crippen molar-refractivity contribution in [2.75, 3.05) is 13.2 Å². The molecule has 4 rings (SSSR count). The van der Waals surface area contributed by atoms with Gasteiger partial charge in [0.25, 0.3) is 0 Å². The minimum Gasteiger partial charge on any atom is -0.410 e. The summed E-state index contributed by atoms with van der Waals surface area (Å²) in [5.41, 5.74) is 1.03. The predicted molar refractivity (Wildman–Crippen MR) is 136 cm³/mol. The Hall–Kier alpha value is -0.463. The lowest BCUT2D eigenvalue weighted by Crippen LogP contribution is -2.64. The Morgan fingerprint density at radius 1 is 1.09 bits per heavy atom. The highest BCUT2D eigenvalue weighted by molar-refractivity contribution is 6.73. The van der Waals surface area contributed by atoms with Crippen molar-refractivity contribution < 1.29 is 19.0 Å². The molecule has 0 unspecified atom stereocenters. The smallest absolute Gasteiger partial charge is 0.192 e. The van der Waals surface area contributed by atoms with Gasteiger partial charge in [0.15, 0.2) is 14.1 Å². The van der Waals surface area contributed by atoms with E-state index in [1.165, 1.54) is 5.57 Å². The summed E-state index contributed by atoms with van der Waals surface area (Å²) in [6.45, 7) is 19.4. The zero-order valence-corrected chi connectivity index (χ0v) is 23.0. The maximum absolute atomic E-state index is 12.0. The molecular formula is C28H48O4Si. The fourth-order valence-corrected chi connectivity index (χ4v) is 11.4. The Morgan fingerprint density at radius 3 is 2.30 bits per heavy atom. The van der Waals surface area contributed by atoms with Crippen molar-refractivity contribution in [2.45, 2.75) is 110 Å². The van der Waals surface area contributed by atoms with Gasteiger partial charge in [0.1, 0.15) is 0 Å². The van der Waals surface area contributed by atoms with E-state index in [1.807, 2.05) is 6.08 Å². The van der Waals surface area contributed by atoms with Crippen molar-refractivity contribution in [2.24, 2.45) is 28.6 Å². The van der Waals surface area contributed by atoms with Crippen LogP contribution in [0, 0.1) is 28.6 Å². The molecule has 2 bridgehead atoms. The van der Waals surface area contributed by atoms with E-state index in [0.29, 0.717) is 31.5 Å². The number of allylic oxidation sites excluding steroid dienone is 2. The van der Waals surface area contributed by atoms with Crippen LogP contribution in [0.4, 0.5) is 0 Å². The standard InChI is InChI=1S/C28H48O4Si/c1-8-12-22-19-23(29)26(7)20(5)13-14-27(15-16-28(25(26)27)30-17-18-31-28)21(6)24(22)32-33(9-2,10-3)11-4/h8,12,20-21,23-25,29H,1,9-11,13-19H2,2-7H3/b22-12-/t20-,21+,23+,24+,25+,26+,27+/m1/s1. The van der Waals surface area contributed by atoms with Gasteiger partial charge in [-0.1, -0.05) is 60.3 Å². The third-order valence-electron chi connectivity index (χ3n) is 11.0. The van der Waals surface area contributed by atoms with Gasteiger partial charge >= 0.3 is 0 Å². The van der Waals surface area contributed by atoms with Crippen LogP contribution in [0.25, 0.3) is 0 Å². The predicted octanol–water partition coefficient (Wildman–Crippen LogP) is 6.47. The first-order valence-corrected chi connectivity index (χ1v) is 16.2. The summed E-state index contributed by atoms with van der Waals surface area (Å²) in [4.78, 5) is 0. The molecular weight excluding hydrogens is 428 g/mol.